The second-order valence-electron chi connectivity index (χ2n) is 3.74. The minimum absolute atomic E-state index is 0.0565. The fraction of sp³-hybridized carbons (Fsp3) is 0.231. The van der Waals surface area contributed by atoms with Gasteiger partial charge in [-0.2, -0.15) is 0 Å². The highest BCUT2D eigenvalue weighted by Gasteiger charge is 2.08. The van der Waals surface area contributed by atoms with E-state index in [1.54, 1.807) is 0 Å². The number of nitrogens with one attached hydrogen (secondary N) is 1. The van der Waals surface area contributed by atoms with Crippen molar-refractivity contribution in [3.8, 4) is 0 Å². The van der Waals surface area contributed by atoms with Crippen LogP contribution in [0.1, 0.15) is 18.4 Å². The maximum Gasteiger partial charge on any atom is 0.284 e. The van der Waals surface area contributed by atoms with E-state index in [4.69, 9.17) is 5.73 Å². The Morgan fingerprint density at radius 2 is 1.83 bits per heavy atom. The van der Waals surface area contributed by atoms with Gasteiger partial charge in [-0.3, -0.25) is 14.4 Å². The van der Waals surface area contributed by atoms with Gasteiger partial charge in [-0.25, -0.2) is 0 Å². The molecule has 0 bridgehead atoms. The summed E-state index contributed by atoms with van der Waals surface area (Å²) in [4.78, 5) is 32.8. The lowest BCUT2D eigenvalue weighted by Crippen LogP contribution is -2.27. The molecule has 0 unspecified atom stereocenters. The smallest absolute Gasteiger partial charge is 0.284 e. The lowest BCUT2D eigenvalue weighted by Gasteiger charge is -2.04. The molecule has 0 aliphatic rings. The van der Waals surface area contributed by atoms with E-state index in [0.717, 1.165) is 5.56 Å². The van der Waals surface area contributed by atoms with Gasteiger partial charge in [0.2, 0.25) is 11.7 Å². The number of hydrogen-bond acceptors (Lipinski definition) is 3. The van der Waals surface area contributed by atoms with E-state index in [9.17, 15) is 14.4 Å². The standard InChI is InChI=1S/C13H15N2O3/c14-13(18)11(16)7-4-8-15-12(17)9-10-5-2-1-3-6-10/h1-3,5-6,9H,4,7-8H2,(H2,14,18)(H,15,17). The van der Waals surface area contributed by atoms with Crippen LogP contribution >= 0.6 is 0 Å². The van der Waals surface area contributed by atoms with Crippen LogP contribution in [0, 0.1) is 6.42 Å². The molecule has 5 nitrogen and oxygen atoms in total. The summed E-state index contributed by atoms with van der Waals surface area (Å²) in [6.45, 7) is 0.335. The first-order valence-corrected chi connectivity index (χ1v) is 5.60. The molecule has 0 spiro atoms. The van der Waals surface area contributed by atoms with Crippen molar-refractivity contribution in [2.75, 3.05) is 6.54 Å². The summed E-state index contributed by atoms with van der Waals surface area (Å²) in [6, 6.07) is 9.17. The fourth-order valence-corrected chi connectivity index (χ4v) is 1.34. The van der Waals surface area contributed by atoms with Crippen LogP contribution in [0.4, 0.5) is 0 Å². The Morgan fingerprint density at radius 3 is 2.44 bits per heavy atom. The molecule has 2 amide bonds. The Labute approximate surface area is 105 Å². The molecule has 95 valence electrons. The van der Waals surface area contributed by atoms with Crippen LogP contribution in [0.3, 0.4) is 0 Å². The summed E-state index contributed by atoms with van der Waals surface area (Å²) in [6.07, 6.45) is 1.92. The summed E-state index contributed by atoms with van der Waals surface area (Å²) >= 11 is 0. The van der Waals surface area contributed by atoms with Crippen LogP contribution in [0.25, 0.3) is 0 Å². The van der Waals surface area contributed by atoms with E-state index >= 15 is 0 Å². The molecule has 1 rings (SSSR count). The number of primary amides is 1. The van der Waals surface area contributed by atoms with Crippen molar-refractivity contribution in [1.29, 1.82) is 0 Å². The minimum Gasteiger partial charge on any atom is -0.363 e. The molecule has 5 heteroatoms. The van der Waals surface area contributed by atoms with E-state index in [1.807, 2.05) is 30.3 Å². The van der Waals surface area contributed by atoms with Crippen molar-refractivity contribution < 1.29 is 14.4 Å². The number of amides is 2. The lowest BCUT2D eigenvalue weighted by atomic mass is 10.1. The maximum absolute atomic E-state index is 11.4. The Hall–Kier alpha value is -2.17. The van der Waals surface area contributed by atoms with Gasteiger partial charge in [0, 0.05) is 13.0 Å². The Kier molecular flexibility index (Phi) is 5.57. The molecule has 0 aliphatic carbocycles. The zero-order chi connectivity index (χ0) is 13.4. The molecule has 1 radical (unpaired) electrons. The normalized spacial score (nSPS) is 9.78. The number of carbonyl (C=O) groups is 3. The van der Waals surface area contributed by atoms with Crippen LogP contribution in [0.2, 0.25) is 0 Å². The van der Waals surface area contributed by atoms with Crippen molar-refractivity contribution in [2.45, 2.75) is 12.8 Å². The summed E-state index contributed by atoms with van der Waals surface area (Å²) < 4.78 is 0. The van der Waals surface area contributed by atoms with Crippen LogP contribution < -0.4 is 11.1 Å². The highest BCUT2D eigenvalue weighted by atomic mass is 16.2. The molecule has 3 N–H and O–H groups in total. The third kappa shape index (κ3) is 5.25. The number of carbonyl (C=O) groups excluding carboxylic acids is 3. The van der Waals surface area contributed by atoms with Gasteiger partial charge in [-0.15, -0.1) is 0 Å². The van der Waals surface area contributed by atoms with Gasteiger partial charge in [0.05, 0.1) is 6.42 Å². The number of nitrogens with two attached hydrogens (primary N) is 1. The van der Waals surface area contributed by atoms with Gasteiger partial charge in [0.15, 0.2) is 0 Å². The van der Waals surface area contributed by atoms with Gasteiger partial charge < -0.3 is 11.1 Å². The van der Waals surface area contributed by atoms with Gasteiger partial charge in [0.25, 0.3) is 5.91 Å². The first-order valence-electron chi connectivity index (χ1n) is 5.60. The van der Waals surface area contributed by atoms with Crippen molar-refractivity contribution in [2.24, 2.45) is 5.73 Å². The zero-order valence-electron chi connectivity index (χ0n) is 9.89. The Bertz CT molecular complexity index is 429. The third-order valence-corrected chi connectivity index (χ3v) is 2.25. The SMILES string of the molecule is NC(=O)C(=O)CCCNC(=O)[CH]c1ccccc1. The van der Waals surface area contributed by atoms with Gasteiger partial charge >= 0.3 is 0 Å². The molecule has 1 aromatic rings. The quantitative estimate of drug-likeness (QED) is 0.532. The number of rotatable bonds is 7. The van der Waals surface area contributed by atoms with Gasteiger partial charge in [0.1, 0.15) is 0 Å². The monoisotopic (exact) mass is 247 g/mol. The summed E-state index contributed by atoms with van der Waals surface area (Å²) in [5, 5.41) is 2.63. The number of Topliss-reactive ketones (excluding diaryl/α,β-unsaturated/α-hetero) is 1. The average molecular weight is 247 g/mol. The summed E-state index contributed by atoms with van der Waals surface area (Å²) in [5.41, 5.74) is 5.61. The lowest BCUT2D eigenvalue weighted by molar-refractivity contribution is -0.136. The van der Waals surface area contributed by atoms with Crippen molar-refractivity contribution in [3.63, 3.8) is 0 Å². The second-order valence-corrected chi connectivity index (χ2v) is 3.74. The first-order chi connectivity index (χ1) is 8.59. The van der Waals surface area contributed by atoms with Crippen LogP contribution in [-0.2, 0) is 14.4 Å². The molecule has 1 aromatic carbocycles. The van der Waals surface area contributed by atoms with Gasteiger partial charge in [-0.05, 0) is 12.0 Å². The first kappa shape index (κ1) is 13.9. The molecule has 0 atom stereocenters. The third-order valence-electron chi connectivity index (χ3n) is 2.25. The van der Waals surface area contributed by atoms with Gasteiger partial charge in [-0.1, -0.05) is 30.3 Å². The van der Waals surface area contributed by atoms with Crippen molar-refractivity contribution in [3.05, 3.63) is 42.3 Å². The van der Waals surface area contributed by atoms with E-state index in [-0.39, 0.29) is 12.3 Å². The highest BCUT2D eigenvalue weighted by Crippen LogP contribution is 2.01. The summed E-state index contributed by atoms with van der Waals surface area (Å²) in [7, 11) is 0. The number of ketones is 1. The largest absolute Gasteiger partial charge is 0.363 e. The predicted octanol–water partition coefficient (Wildman–Crippen LogP) is 0.190. The van der Waals surface area contributed by atoms with Crippen molar-refractivity contribution in [1.82, 2.24) is 5.32 Å². The summed E-state index contributed by atoms with van der Waals surface area (Å²) in [5.74, 6) is -1.78. The van der Waals surface area contributed by atoms with Crippen LogP contribution in [0.5, 0.6) is 0 Å². The topological polar surface area (TPSA) is 89.3 Å². The van der Waals surface area contributed by atoms with E-state index in [2.05, 4.69) is 5.32 Å². The fourth-order valence-electron chi connectivity index (χ4n) is 1.34. The van der Waals surface area contributed by atoms with E-state index in [0.29, 0.717) is 13.0 Å². The molecular weight excluding hydrogens is 232 g/mol. The predicted molar refractivity (Wildman–Crippen MR) is 66.3 cm³/mol. The minimum atomic E-state index is -0.933. The van der Waals surface area contributed by atoms with E-state index < -0.39 is 11.7 Å². The molecule has 0 aliphatic heterocycles. The average Bonchev–Trinajstić information content (AvgIpc) is 2.35. The molecule has 0 saturated carbocycles. The maximum atomic E-state index is 11.4. The molecule has 0 fully saturated rings. The molecule has 18 heavy (non-hydrogen) atoms. The Balaban J connectivity index is 2.18. The number of benzene rings is 1. The molecule has 0 saturated heterocycles. The molecule has 0 heterocycles. The number of hydrogen-bond donors (Lipinski definition) is 2. The van der Waals surface area contributed by atoms with Crippen molar-refractivity contribution >= 4 is 17.6 Å². The van der Waals surface area contributed by atoms with Crippen LogP contribution in [0.15, 0.2) is 30.3 Å². The highest BCUT2D eigenvalue weighted by molar-refractivity contribution is 6.35. The second kappa shape index (κ2) is 7.21. The molecular formula is C13H15N2O3. The molecule has 0 aromatic heterocycles. The van der Waals surface area contributed by atoms with E-state index in [1.165, 1.54) is 6.42 Å². The Morgan fingerprint density at radius 1 is 1.17 bits per heavy atom. The zero-order valence-corrected chi connectivity index (χ0v) is 9.89. The van der Waals surface area contributed by atoms with Crippen LogP contribution in [-0.4, -0.2) is 24.1 Å².